The molecule has 1 aliphatic rings. The zero-order chi connectivity index (χ0) is 19.8. The molecule has 1 aliphatic heterocycles. The van der Waals surface area contributed by atoms with Crippen LogP contribution in [0.2, 0.25) is 0 Å². The standard InChI is InChI=1S/C21H30N6O/c1-3-23-21(26-12-9-17(10-13-26)15-20(28)22-2)24-16-18-11-14-27(25-18)19-7-5-4-6-8-19/h4-8,11,14,17H,3,9-10,12-13,15-16H2,1-2H3,(H,22,28)(H,23,24). The molecule has 150 valence electrons. The summed E-state index contributed by atoms with van der Waals surface area (Å²) in [6, 6.07) is 12.1. The van der Waals surface area contributed by atoms with Gasteiger partial charge in [0.2, 0.25) is 5.91 Å². The topological polar surface area (TPSA) is 74.5 Å². The third-order valence-electron chi connectivity index (χ3n) is 5.06. The third-order valence-corrected chi connectivity index (χ3v) is 5.06. The number of carbonyl (C=O) groups is 1. The Bertz CT molecular complexity index is 777. The molecule has 7 nitrogen and oxygen atoms in total. The number of nitrogens with zero attached hydrogens (tertiary/aromatic N) is 4. The van der Waals surface area contributed by atoms with Gasteiger partial charge in [0.1, 0.15) is 0 Å². The van der Waals surface area contributed by atoms with Crippen LogP contribution >= 0.6 is 0 Å². The van der Waals surface area contributed by atoms with Crippen LogP contribution in [0, 0.1) is 5.92 Å². The molecule has 2 N–H and O–H groups in total. The average molecular weight is 383 g/mol. The van der Waals surface area contributed by atoms with Crippen LogP contribution in [0.1, 0.15) is 31.9 Å². The summed E-state index contributed by atoms with van der Waals surface area (Å²) in [6.45, 7) is 5.30. The van der Waals surface area contributed by atoms with Gasteiger partial charge in [-0.3, -0.25) is 4.79 Å². The number of para-hydroxylation sites is 1. The molecule has 1 amide bonds. The van der Waals surface area contributed by atoms with Crippen molar-refractivity contribution in [3.05, 3.63) is 48.3 Å². The lowest BCUT2D eigenvalue weighted by molar-refractivity contribution is -0.121. The number of rotatable bonds is 6. The molecule has 0 atom stereocenters. The first kappa shape index (κ1) is 19.9. The van der Waals surface area contributed by atoms with E-state index in [2.05, 4.69) is 27.6 Å². The molecule has 0 saturated carbocycles. The maximum absolute atomic E-state index is 11.6. The third kappa shape index (κ3) is 5.34. The van der Waals surface area contributed by atoms with Crippen molar-refractivity contribution in [2.45, 2.75) is 32.7 Å². The summed E-state index contributed by atoms with van der Waals surface area (Å²) in [7, 11) is 1.70. The Labute approximate surface area is 166 Å². The predicted molar refractivity (Wildman–Crippen MR) is 111 cm³/mol. The number of piperidine rings is 1. The molecule has 2 aromatic rings. The van der Waals surface area contributed by atoms with Crippen LogP contribution in [0.25, 0.3) is 5.69 Å². The average Bonchev–Trinajstić information content (AvgIpc) is 3.21. The van der Waals surface area contributed by atoms with Gasteiger partial charge < -0.3 is 15.5 Å². The largest absolute Gasteiger partial charge is 0.359 e. The number of hydrogen-bond acceptors (Lipinski definition) is 3. The minimum Gasteiger partial charge on any atom is -0.359 e. The summed E-state index contributed by atoms with van der Waals surface area (Å²) in [5.74, 6) is 1.52. The molecule has 0 radical (unpaired) electrons. The van der Waals surface area contributed by atoms with E-state index in [4.69, 9.17) is 4.99 Å². The van der Waals surface area contributed by atoms with Crippen LogP contribution in [-0.4, -0.2) is 53.2 Å². The van der Waals surface area contributed by atoms with Gasteiger partial charge in [0, 0.05) is 39.3 Å². The van der Waals surface area contributed by atoms with Crippen LogP contribution in [0.5, 0.6) is 0 Å². The number of benzene rings is 1. The molecule has 0 spiro atoms. The van der Waals surface area contributed by atoms with Crippen molar-refractivity contribution in [2.24, 2.45) is 10.9 Å². The first-order chi connectivity index (χ1) is 13.7. The lowest BCUT2D eigenvalue weighted by Gasteiger charge is -2.34. The Balaban J connectivity index is 1.59. The molecule has 2 heterocycles. The second-order valence-corrected chi connectivity index (χ2v) is 7.07. The quantitative estimate of drug-likeness (QED) is 0.593. The Kier molecular flexibility index (Phi) is 7.06. The van der Waals surface area contributed by atoms with Gasteiger partial charge in [0.25, 0.3) is 0 Å². The Morgan fingerprint density at radius 2 is 1.96 bits per heavy atom. The molecule has 1 aromatic heterocycles. The number of carbonyl (C=O) groups excluding carboxylic acids is 1. The Morgan fingerprint density at radius 3 is 2.64 bits per heavy atom. The van der Waals surface area contributed by atoms with Gasteiger partial charge in [-0.15, -0.1) is 0 Å². The van der Waals surface area contributed by atoms with Gasteiger partial charge in [-0.25, -0.2) is 9.67 Å². The van der Waals surface area contributed by atoms with Crippen molar-refractivity contribution >= 4 is 11.9 Å². The number of nitrogens with one attached hydrogen (secondary N) is 2. The van der Waals surface area contributed by atoms with Gasteiger partial charge in [0.05, 0.1) is 17.9 Å². The van der Waals surface area contributed by atoms with Gasteiger partial charge >= 0.3 is 0 Å². The molecular formula is C21H30N6O. The van der Waals surface area contributed by atoms with E-state index in [-0.39, 0.29) is 5.91 Å². The first-order valence-electron chi connectivity index (χ1n) is 10.0. The second-order valence-electron chi connectivity index (χ2n) is 7.07. The highest BCUT2D eigenvalue weighted by molar-refractivity contribution is 5.80. The van der Waals surface area contributed by atoms with Gasteiger partial charge in [0.15, 0.2) is 5.96 Å². The zero-order valence-electron chi connectivity index (χ0n) is 16.8. The van der Waals surface area contributed by atoms with E-state index in [9.17, 15) is 4.79 Å². The highest BCUT2D eigenvalue weighted by Gasteiger charge is 2.23. The van der Waals surface area contributed by atoms with Crippen molar-refractivity contribution in [1.82, 2.24) is 25.3 Å². The minimum atomic E-state index is 0.132. The van der Waals surface area contributed by atoms with Crippen LogP contribution < -0.4 is 10.6 Å². The van der Waals surface area contributed by atoms with E-state index in [0.29, 0.717) is 18.9 Å². The predicted octanol–water partition coefficient (Wildman–Crippen LogP) is 2.19. The van der Waals surface area contributed by atoms with Crippen molar-refractivity contribution < 1.29 is 4.79 Å². The molecule has 0 bridgehead atoms. The van der Waals surface area contributed by atoms with Crippen LogP contribution in [-0.2, 0) is 11.3 Å². The highest BCUT2D eigenvalue weighted by atomic mass is 16.1. The molecule has 1 fully saturated rings. The second kappa shape index (κ2) is 9.92. The maximum Gasteiger partial charge on any atom is 0.220 e. The summed E-state index contributed by atoms with van der Waals surface area (Å²) in [5.41, 5.74) is 1.98. The van der Waals surface area contributed by atoms with Gasteiger partial charge in [-0.1, -0.05) is 18.2 Å². The summed E-state index contributed by atoms with van der Waals surface area (Å²) < 4.78 is 1.88. The first-order valence-corrected chi connectivity index (χ1v) is 10.0. The summed E-state index contributed by atoms with van der Waals surface area (Å²) in [6.07, 6.45) is 4.62. The number of aliphatic imine (C=N–C) groups is 1. The molecule has 1 aromatic carbocycles. The highest BCUT2D eigenvalue weighted by Crippen LogP contribution is 2.20. The van der Waals surface area contributed by atoms with Crippen molar-refractivity contribution in [2.75, 3.05) is 26.7 Å². The Hall–Kier alpha value is -2.83. The molecule has 0 unspecified atom stereocenters. The monoisotopic (exact) mass is 382 g/mol. The number of aromatic nitrogens is 2. The van der Waals surface area contributed by atoms with E-state index in [0.717, 1.165) is 49.8 Å². The fourth-order valence-electron chi connectivity index (χ4n) is 3.47. The number of amides is 1. The van der Waals surface area contributed by atoms with Crippen LogP contribution in [0.4, 0.5) is 0 Å². The molecule has 0 aliphatic carbocycles. The SMILES string of the molecule is CCNC(=NCc1ccn(-c2ccccc2)n1)N1CCC(CC(=O)NC)CC1. The molecule has 28 heavy (non-hydrogen) atoms. The summed E-state index contributed by atoms with van der Waals surface area (Å²) in [4.78, 5) is 18.7. The minimum absolute atomic E-state index is 0.132. The van der Waals surface area contributed by atoms with Crippen molar-refractivity contribution in [1.29, 1.82) is 0 Å². The number of likely N-dealkylation sites (tertiary alicyclic amines) is 1. The van der Waals surface area contributed by atoms with Crippen LogP contribution in [0.3, 0.4) is 0 Å². The lowest BCUT2D eigenvalue weighted by atomic mass is 9.93. The van der Waals surface area contributed by atoms with Crippen molar-refractivity contribution in [3.8, 4) is 5.69 Å². The smallest absolute Gasteiger partial charge is 0.220 e. The zero-order valence-corrected chi connectivity index (χ0v) is 16.8. The van der Waals surface area contributed by atoms with Gasteiger partial charge in [-0.2, -0.15) is 5.10 Å². The molecule has 7 heteroatoms. The summed E-state index contributed by atoms with van der Waals surface area (Å²) >= 11 is 0. The van der Waals surface area contributed by atoms with Crippen molar-refractivity contribution in [3.63, 3.8) is 0 Å². The maximum atomic E-state index is 11.6. The molecular weight excluding hydrogens is 352 g/mol. The van der Waals surface area contributed by atoms with E-state index < -0.39 is 0 Å². The van der Waals surface area contributed by atoms with E-state index in [1.165, 1.54) is 0 Å². The van der Waals surface area contributed by atoms with Crippen LogP contribution in [0.15, 0.2) is 47.6 Å². The van der Waals surface area contributed by atoms with E-state index >= 15 is 0 Å². The van der Waals surface area contributed by atoms with E-state index in [1.54, 1.807) is 7.05 Å². The number of hydrogen-bond donors (Lipinski definition) is 2. The van der Waals surface area contributed by atoms with E-state index in [1.807, 2.05) is 47.3 Å². The lowest BCUT2D eigenvalue weighted by Crippen LogP contribution is -2.46. The fraction of sp³-hybridized carbons (Fsp3) is 0.476. The Morgan fingerprint density at radius 1 is 1.21 bits per heavy atom. The normalized spacial score (nSPS) is 15.5. The summed E-state index contributed by atoms with van der Waals surface area (Å²) in [5, 5.41) is 10.7. The molecule has 1 saturated heterocycles. The molecule has 3 rings (SSSR count). The van der Waals surface area contributed by atoms with Gasteiger partial charge in [-0.05, 0) is 43.9 Å². The number of guanidine groups is 1. The fourth-order valence-corrected chi connectivity index (χ4v) is 3.47.